The van der Waals surface area contributed by atoms with Crippen LogP contribution in [-0.2, 0) is 0 Å². The molecule has 1 aliphatic carbocycles. The van der Waals surface area contributed by atoms with Gasteiger partial charge in [0.1, 0.15) is 11.5 Å². The van der Waals surface area contributed by atoms with Crippen LogP contribution in [0.1, 0.15) is 55.1 Å². The minimum absolute atomic E-state index is 0.0135. The van der Waals surface area contributed by atoms with Gasteiger partial charge < -0.3 is 20.5 Å². The molecule has 33 heavy (non-hydrogen) atoms. The van der Waals surface area contributed by atoms with Crippen molar-refractivity contribution in [2.24, 2.45) is 0 Å². The summed E-state index contributed by atoms with van der Waals surface area (Å²) in [5.74, 6) is 0.430. The number of hydrogen-bond donors (Lipinski definition) is 3. The molecule has 8 heteroatoms. The quantitative estimate of drug-likeness (QED) is 0.452. The Kier molecular flexibility index (Phi) is 6.35. The second kappa shape index (κ2) is 9.36. The molecule has 0 radical (unpaired) electrons. The van der Waals surface area contributed by atoms with Crippen LogP contribution in [0.5, 0.6) is 11.5 Å². The molecule has 2 amide bonds. The molecule has 0 spiro atoms. The number of rotatable bonds is 7. The molecule has 8 nitrogen and oxygen atoms in total. The number of nitrogens with zero attached hydrogens (tertiary/aromatic N) is 2. The third-order valence-corrected chi connectivity index (χ3v) is 5.79. The van der Waals surface area contributed by atoms with E-state index < -0.39 is 0 Å². The van der Waals surface area contributed by atoms with Crippen molar-refractivity contribution in [1.82, 2.24) is 15.1 Å². The number of anilines is 1. The largest absolute Gasteiger partial charge is 0.507 e. The lowest BCUT2D eigenvalue weighted by Gasteiger charge is -2.12. The lowest BCUT2D eigenvalue weighted by atomic mass is 10.1. The predicted octanol–water partition coefficient (Wildman–Crippen LogP) is 4.75. The van der Waals surface area contributed by atoms with Crippen LogP contribution in [0.25, 0.3) is 11.3 Å². The number of hydrogen-bond acceptors (Lipinski definition) is 5. The summed E-state index contributed by atoms with van der Waals surface area (Å²) in [5, 5.41) is 20.8. The lowest BCUT2D eigenvalue weighted by Crippen LogP contribution is -2.36. The first kappa shape index (κ1) is 22.4. The zero-order valence-electron chi connectivity index (χ0n) is 19.0. The molecule has 3 N–H and O–H groups in total. The van der Waals surface area contributed by atoms with Gasteiger partial charge in [0, 0.05) is 23.2 Å². The molecule has 1 unspecified atom stereocenters. The van der Waals surface area contributed by atoms with Gasteiger partial charge in [-0.15, -0.1) is 0 Å². The van der Waals surface area contributed by atoms with E-state index in [0.29, 0.717) is 28.3 Å². The van der Waals surface area contributed by atoms with Crippen LogP contribution in [0, 0.1) is 0 Å². The molecule has 0 bridgehead atoms. The van der Waals surface area contributed by atoms with E-state index in [1.165, 1.54) is 17.9 Å². The molecular formula is C25H28N4O4. The number of phenols is 1. The number of benzene rings is 2. The van der Waals surface area contributed by atoms with Crippen LogP contribution >= 0.6 is 0 Å². The highest BCUT2D eigenvalue weighted by Gasteiger charge is 2.31. The number of aromatic nitrogens is 2. The molecule has 1 saturated carbocycles. The first-order chi connectivity index (χ1) is 15.9. The van der Waals surface area contributed by atoms with Gasteiger partial charge >= 0.3 is 6.03 Å². The molecule has 1 atom stereocenters. The minimum atomic E-state index is -0.332. The van der Waals surface area contributed by atoms with Crippen molar-refractivity contribution in [3.8, 4) is 22.8 Å². The van der Waals surface area contributed by atoms with Gasteiger partial charge in [0.15, 0.2) is 0 Å². The molecule has 2 aromatic carbocycles. The van der Waals surface area contributed by atoms with Gasteiger partial charge in [-0.05, 0) is 62.6 Å². The van der Waals surface area contributed by atoms with Crippen molar-refractivity contribution in [1.29, 1.82) is 0 Å². The Morgan fingerprint density at radius 2 is 1.97 bits per heavy atom. The van der Waals surface area contributed by atoms with Crippen LogP contribution in [0.2, 0.25) is 0 Å². The highest BCUT2D eigenvalue weighted by Crippen LogP contribution is 2.42. The number of aromatic hydroxyl groups is 1. The maximum atomic E-state index is 12.8. The van der Waals surface area contributed by atoms with Crippen molar-refractivity contribution < 1.29 is 19.4 Å². The van der Waals surface area contributed by atoms with E-state index in [0.717, 1.165) is 25.0 Å². The third-order valence-electron chi connectivity index (χ3n) is 5.79. The standard InChI is InChI=1S/C25H28N4O4/c1-4-15(2)26-25(32)29-21(16-9-10-16)14-20(28-29)19-13-17(11-12-22(19)30)27-24(31)18-7-5-6-8-23(18)33-3/h5-8,11-16,30H,4,9-10H2,1-3H3,(H,26,32)(H,27,31). The molecule has 1 aliphatic rings. The van der Waals surface area contributed by atoms with Crippen molar-refractivity contribution in [3.05, 3.63) is 59.8 Å². The molecular weight excluding hydrogens is 420 g/mol. The van der Waals surface area contributed by atoms with E-state index in [1.807, 2.05) is 19.9 Å². The van der Waals surface area contributed by atoms with E-state index in [1.54, 1.807) is 36.4 Å². The maximum absolute atomic E-state index is 12.8. The number of phenolic OH excluding ortho intramolecular Hbond substituents is 1. The Morgan fingerprint density at radius 3 is 2.67 bits per heavy atom. The van der Waals surface area contributed by atoms with Crippen LogP contribution in [0.15, 0.2) is 48.5 Å². The van der Waals surface area contributed by atoms with E-state index >= 15 is 0 Å². The average Bonchev–Trinajstić information content (AvgIpc) is 3.58. The fourth-order valence-electron chi connectivity index (χ4n) is 3.58. The Bertz CT molecular complexity index is 1180. The van der Waals surface area contributed by atoms with E-state index in [2.05, 4.69) is 15.7 Å². The summed E-state index contributed by atoms with van der Waals surface area (Å²) in [6.45, 7) is 3.95. The van der Waals surface area contributed by atoms with Gasteiger partial charge in [0.2, 0.25) is 0 Å². The zero-order valence-corrected chi connectivity index (χ0v) is 19.0. The molecule has 1 heterocycles. The monoisotopic (exact) mass is 448 g/mol. The number of nitrogens with one attached hydrogen (secondary N) is 2. The number of amides is 2. The van der Waals surface area contributed by atoms with Gasteiger partial charge in [-0.1, -0.05) is 19.1 Å². The van der Waals surface area contributed by atoms with E-state index in [4.69, 9.17) is 4.74 Å². The molecule has 0 saturated heterocycles. The Labute approximate surface area is 192 Å². The number of ether oxygens (including phenoxy) is 1. The molecule has 3 aromatic rings. The molecule has 0 aliphatic heterocycles. The van der Waals surface area contributed by atoms with E-state index in [9.17, 15) is 14.7 Å². The lowest BCUT2D eigenvalue weighted by molar-refractivity contribution is 0.102. The fourth-order valence-corrected chi connectivity index (χ4v) is 3.58. The Hall–Kier alpha value is -3.81. The normalized spacial score (nSPS) is 13.9. The van der Waals surface area contributed by atoms with Gasteiger partial charge in [0.25, 0.3) is 5.91 Å². The SMILES string of the molecule is CCC(C)NC(=O)n1nc(-c2cc(NC(=O)c3ccccc3OC)ccc2O)cc1C1CC1. The highest BCUT2D eigenvalue weighted by molar-refractivity contribution is 6.06. The first-order valence-corrected chi connectivity index (χ1v) is 11.1. The number of methoxy groups -OCH3 is 1. The Morgan fingerprint density at radius 1 is 1.21 bits per heavy atom. The van der Waals surface area contributed by atoms with Crippen LogP contribution in [0.4, 0.5) is 10.5 Å². The summed E-state index contributed by atoms with van der Waals surface area (Å²) in [7, 11) is 1.51. The van der Waals surface area contributed by atoms with Crippen molar-refractivity contribution in [2.45, 2.75) is 45.1 Å². The second-order valence-electron chi connectivity index (χ2n) is 8.29. The smallest absolute Gasteiger partial charge is 0.342 e. The summed E-state index contributed by atoms with van der Waals surface area (Å²) in [6.07, 6.45) is 2.82. The van der Waals surface area contributed by atoms with Gasteiger partial charge in [-0.3, -0.25) is 4.79 Å². The van der Waals surface area contributed by atoms with E-state index in [-0.39, 0.29) is 29.6 Å². The summed E-state index contributed by atoms with van der Waals surface area (Å²) in [6, 6.07) is 13.3. The number of carbonyl (C=O) groups excluding carboxylic acids is 2. The van der Waals surface area contributed by atoms with Gasteiger partial charge in [-0.2, -0.15) is 9.78 Å². The average molecular weight is 449 g/mol. The topological polar surface area (TPSA) is 105 Å². The van der Waals surface area contributed by atoms with Gasteiger partial charge in [-0.25, -0.2) is 4.79 Å². The zero-order chi connectivity index (χ0) is 23.5. The Balaban J connectivity index is 1.63. The van der Waals surface area contributed by atoms with Gasteiger partial charge in [0.05, 0.1) is 24.1 Å². The summed E-state index contributed by atoms with van der Waals surface area (Å²) in [4.78, 5) is 25.6. The molecule has 172 valence electrons. The summed E-state index contributed by atoms with van der Waals surface area (Å²) in [5.41, 5.74) is 2.63. The predicted molar refractivity (Wildman–Crippen MR) is 126 cm³/mol. The third kappa shape index (κ3) is 4.84. The van der Waals surface area contributed by atoms with Crippen LogP contribution < -0.4 is 15.4 Å². The number of carbonyl (C=O) groups is 2. The van der Waals surface area contributed by atoms with Crippen molar-refractivity contribution in [3.63, 3.8) is 0 Å². The maximum Gasteiger partial charge on any atom is 0.342 e. The highest BCUT2D eigenvalue weighted by atomic mass is 16.5. The molecule has 4 rings (SSSR count). The van der Waals surface area contributed by atoms with Crippen molar-refractivity contribution in [2.75, 3.05) is 12.4 Å². The van der Waals surface area contributed by atoms with Crippen LogP contribution in [0.3, 0.4) is 0 Å². The first-order valence-electron chi connectivity index (χ1n) is 11.1. The summed E-state index contributed by atoms with van der Waals surface area (Å²) >= 11 is 0. The van der Waals surface area contributed by atoms with Crippen LogP contribution in [-0.4, -0.2) is 40.0 Å². The fraction of sp³-hybridized carbons (Fsp3) is 0.320. The molecule has 1 aromatic heterocycles. The molecule has 1 fully saturated rings. The minimum Gasteiger partial charge on any atom is -0.507 e. The summed E-state index contributed by atoms with van der Waals surface area (Å²) < 4.78 is 6.67. The van der Waals surface area contributed by atoms with Crippen molar-refractivity contribution >= 4 is 17.6 Å². The number of para-hydroxylation sites is 1. The second-order valence-corrected chi connectivity index (χ2v) is 8.29.